The van der Waals surface area contributed by atoms with Crippen LogP contribution >= 0.6 is 0 Å². The van der Waals surface area contributed by atoms with E-state index in [0.29, 0.717) is 18.6 Å². The van der Waals surface area contributed by atoms with Gasteiger partial charge in [-0.2, -0.15) is 0 Å². The van der Waals surface area contributed by atoms with Gasteiger partial charge < -0.3 is 14.2 Å². The van der Waals surface area contributed by atoms with Crippen molar-refractivity contribution < 1.29 is 23.8 Å². The Labute approximate surface area is 134 Å². The van der Waals surface area contributed by atoms with Crippen molar-refractivity contribution in [3.05, 3.63) is 59.7 Å². The minimum absolute atomic E-state index is 0.250. The molecule has 120 valence electrons. The third kappa shape index (κ3) is 5.14. The van der Waals surface area contributed by atoms with Gasteiger partial charge >= 0.3 is 12.1 Å². The Morgan fingerprint density at radius 3 is 2.26 bits per heavy atom. The van der Waals surface area contributed by atoms with Crippen molar-refractivity contribution >= 4 is 12.1 Å². The van der Waals surface area contributed by atoms with Crippen LogP contribution in [0.25, 0.3) is 0 Å². The maximum Gasteiger partial charge on any atom is 0.513 e. The Balaban J connectivity index is 2.00. The number of hydrogen-bond acceptors (Lipinski definition) is 5. The van der Waals surface area contributed by atoms with Crippen LogP contribution in [0.3, 0.4) is 0 Å². The molecule has 5 nitrogen and oxygen atoms in total. The summed E-state index contributed by atoms with van der Waals surface area (Å²) in [6.07, 6.45) is -0.0719. The highest BCUT2D eigenvalue weighted by molar-refractivity contribution is 5.91. The molecule has 0 aliphatic rings. The Morgan fingerprint density at radius 2 is 1.61 bits per heavy atom. The first-order valence-corrected chi connectivity index (χ1v) is 7.32. The zero-order valence-corrected chi connectivity index (χ0v) is 13.1. The predicted molar refractivity (Wildman–Crippen MR) is 84.8 cm³/mol. The second-order valence-corrected chi connectivity index (χ2v) is 4.93. The number of hydrogen-bond donors (Lipinski definition) is 0. The lowest BCUT2D eigenvalue weighted by atomic mass is 10.1. The lowest BCUT2D eigenvalue weighted by molar-refractivity contribution is 0.0734. The SMILES string of the molecule is CCCOC(=O)Oc1cccc(OC(=O)c2ccc(C)cc2)c1. The fourth-order valence-electron chi connectivity index (χ4n) is 1.77. The first-order valence-electron chi connectivity index (χ1n) is 7.32. The van der Waals surface area contributed by atoms with Crippen LogP contribution in [0, 0.1) is 6.92 Å². The highest BCUT2D eigenvalue weighted by Gasteiger charge is 2.10. The zero-order chi connectivity index (χ0) is 16.7. The molecule has 0 radical (unpaired) electrons. The molecule has 0 unspecified atom stereocenters. The van der Waals surface area contributed by atoms with Crippen LogP contribution in [0.15, 0.2) is 48.5 Å². The minimum atomic E-state index is -0.783. The van der Waals surface area contributed by atoms with E-state index in [0.717, 1.165) is 5.56 Å². The Bertz CT molecular complexity index is 676. The van der Waals surface area contributed by atoms with Crippen molar-refractivity contribution in [1.82, 2.24) is 0 Å². The van der Waals surface area contributed by atoms with E-state index < -0.39 is 12.1 Å². The molecule has 0 aliphatic carbocycles. The molecule has 0 atom stereocenters. The van der Waals surface area contributed by atoms with E-state index in [-0.39, 0.29) is 11.5 Å². The van der Waals surface area contributed by atoms with Crippen molar-refractivity contribution in [2.75, 3.05) is 6.61 Å². The summed E-state index contributed by atoms with van der Waals surface area (Å²) >= 11 is 0. The first-order chi connectivity index (χ1) is 11.1. The molecule has 0 saturated heterocycles. The molecule has 0 bridgehead atoms. The monoisotopic (exact) mass is 314 g/mol. The molecule has 0 fully saturated rings. The van der Waals surface area contributed by atoms with E-state index in [4.69, 9.17) is 14.2 Å². The molecule has 5 heteroatoms. The zero-order valence-electron chi connectivity index (χ0n) is 13.1. The molecule has 0 aliphatic heterocycles. The van der Waals surface area contributed by atoms with Crippen LogP contribution in [0.5, 0.6) is 11.5 Å². The Morgan fingerprint density at radius 1 is 0.957 bits per heavy atom. The molecule has 2 aromatic carbocycles. The summed E-state index contributed by atoms with van der Waals surface area (Å²) in [5.74, 6) is 0.0624. The molecule has 0 heterocycles. The number of esters is 1. The van der Waals surface area contributed by atoms with E-state index in [1.165, 1.54) is 6.07 Å². The van der Waals surface area contributed by atoms with Crippen LogP contribution in [0.4, 0.5) is 4.79 Å². The van der Waals surface area contributed by atoms with Gasteiger partial charge in [0.1, 0.15) is 11.5 Å². The van der Waals surface area contributed by atoms with Crippen molar-refractivity contribution in [3.63, 3.8) is 0 Å². The number of carbonyl (C=O) groups is 2. The van der Waals surface area contributed by atoms with Gasteiger partial charge in [0.15, 0.2) is 0 Å². The smallest absolute Gasteiger partial charge is 0.434 e. The molecule has 0 aromatic heterocycles. The predicted octanol–water partition coefficient (Wildman–Crippen LogP) is 4.14. The summed E-state index contributed by atoms with van der Waals surface area (Å²) in [6.45, 7) is 4.12. The van der Waals surface area contributed by atoms with Crippen LogP contribution in [-0.4, -0.2) is 18.7 Å². The van der Waals surface area contributed by atoms with Crippen LogP contribution in [0.2, 0.25) is 0 Å². The number of benzene rings is 2. The largest absolute Gasteiger partial charge is 0.513 e. The molecule has 23 heavy (non-hydrogen) atoms. The van der Waals surface area contributed by atoms with Crippen molar-refractivity contribution in [1.29, 1.82) is 0 Å². The van der Waals surface area contributed by atoms with E-state index in [2.05, 4.69) is 0 Å². The van der Waals surface area contributed by atoms with Crippen LogP contribution in [-0.2, 0) is 4.74 Å². The van der Waals surface area contributed by atoms with Crippen molar-refractivity contribution in [3.8, 4) is 11.5 Å². The van der Waals surface area contributed by atoms with E-state index >= 15 is 0 Å². The summed E-state index contributed by atoms with van der Waals surface area (Å²) in [4.78, 5) is 23.5. The van der Waals surface area contributed by atoms with Gasteiger partial charge in [-0.05, 0) is 37.6 Å². The fourth-order valence-corrected chi connectivity index (χ4v) is 1.77. The lowest BCUT2D eigenvalue weighted by Crippen LogP contribution is -2.11. The highest BCUT2D eigenvalue weighted by atomic mass is 16.7. The van der Waals surface area contributed by atoms with Gasteiger partial charge in [0, 0.05) is 6.07 Å². The molecule has 0 spiro atoms. The van der Waals surface area contributed by atoms with Gasteiger partial charge in [-0.15, -0.1) is 0 Å². The third-order valence-corrected chi connectivity index (χ3v) is 2.93. The summed E-state index contributed by atoms with van der Waals surface area (Å²) < 4.78 is 15.1. The molecular weight excluding hydrogens is 296 g/mol. The topological polar surface area (TPSA) is 61.8 Å². The number of rotatable bonds is 5. The highest BCUT2D eigenvalue weighted by Crippen LogP contribution is 2.21. The number of aryl methyl sites for hydroxylation is 1. The van der Waals surface area contributed by atoms with Crippen molar-refractivity contribution in [2.24, 2.45) is 0 Å². The summed E-state index contributed by atoms with van der Waals surface area (Å²) in [7, 11) is 0. The van der Waals surface area contributed by atoms with E-state index in [9.17, 15) is 9.59 Å². The molecule has 2 rings (SSSR count). The average molecular weight is 314 g/mol. The summed E-state index contributed by atoms with van der Waals surface area (Å²) in [5, 5.41) is 0. The van der Waals surface area contributed by atoms with Crippen LogP contribution in [0.1, 0.15) is 29.3 Å². The van der Waals surface area contributed by atoms with Gasteiger partial charge in [-0.3, -0.25) is 0 Å². The number of ether oxygens (including phenoxy) is 3. The average Bonchev–Trinajstić information content (AvgIpc) is 2.54. The third-order valence-electron chi connectivity index (χ3n) is 2.93. The normalized spacial score (nSPS) is 10.0. The van der Waals surface area contributed by atoms with Gasteiger partial charge in [0.25, 0.3) is 0 Å². The molecule has 2 aromatic rings. The molecule has 0 saturated carbocycles. The second kappa shape index (κ2) is 7.98. The Kier molecular flexibility index (Phi) is 5.74. The van der Waals surface area contributed by atoms with E-state index in [1.807, 2.05) is 26.0 Å². The summed E-state index contributed by atoms with van der Waals surface area (Å²) in [5.41, 5.74) is 1.51. The second-order valence-electron chi connectivity index (χ2n) is 4.93. The summed E-state index contributed by atoms with van der Waals surface area (Å²) in [6, 6.07) is 13.3. The maximum absolute atomic E-state index is 12.0. The van der Waals surface area contributed by atoms with Gasteiger partial charge in [-0.25, -0.2) is 9.59 Å². The molecule has 0 N–H and O–H groups in total. The molecular formula is C18H18O5. The van der Waals surface area contributed by atoms with Gasteiger partial charge in [-0.1, -0.05) is 30.7 Å². The van der Waals surface area contributed by atoms with Crippen molar-refractivity contribution in [2.45, 2.75) is 20.3 Å². The van der Waals surface area contributed by atoms with Gasteiger partial charge in [0.05, 0.1) is 12.2 Å². The quantitative estimate of drug-likeness (QED) is 0.471. The lowest BCUT2D eigenvalue weighted by Gasteiger charge is -2.07. The molecule has 0 amide bonds. The first kappa shape index (κ1) is 16.5. The minimum Gasteiger partial charge on any atom is -0.434 e. The standard InChI is InChI=1S/C18H18O5/c1-3-11-21-18(20)23-16-6-4-5-15(12-16)22-17(19)14-9-7-13(2)8-10-14/h4-10,12H,3,11H2,1-2H3. The van der Waals surface area contributed by atoms with E-state index in [1.54, 1.807) is 30.3 Å². The van der Waals surface area contributed by atoms with Crippen LogP contribution < -0.4 is 9.47 Å². The fraction of sp³-hybridized carbons (Fsp3) is 0.222. The number of carbonyl (C=O) groups excluding carboxylic acids is 2. The van der Waals surface area contributed by atoms with Gasteiger partial charge in [0.2, 0.25) is 0 Å². The maximum atomic E-state index is 12.0. The Hall–Kier alpha value is -2.82.